The van der Waals surface area contributed by atoms with Gasteiger partial charge in [-0.2, -0.15) is 0 Å². The van der Waals surface area contributed by atoms with Crippen LogP contribution in [0.4, 0.5) is 4.79 Å². The Hall–Kier alpha value is -1.79. The van der Waals surface area contributed by atoms with Crippen molar-refractivity contribution in [2.24, 2.45) is 0 Å². The largest absolute Gasteiger partial charge is 0.480 e. The van der Waals surface area contributed by atoms with Crippen molar-refractivity contribution in [2.45, 2.75) is 38.3 Å². The molecule has 0 saturated heterocycles. The molecule has 1 aliphatic rings. The highest BCUT2D eigenvalue weighted by Crippen LogP contribution is 2.18. The van der Waals surface area contributed by atoms with Crippen molar-refractivity contribution < 1.29 is 19.5 Å². The van der Waals surface area contributed by atoms with Crippen LogP contribution in [-0.2, 0) is 9.59 Å². The Morgan fingerprint density at radius 1 is 1.39 bits per heavy atom. The molecule has 1 fully saturated rings. The Bertz CT molecular complexity index is 341. The van der Waals surface area contributed by atoms with Gasteiger partial charge in [-0.3, -0.25) is 4.79 Å². The summed E-state index contributed by atoms with van der Waals surface area (Å²) in [5.41, 5.74) is 0. The van der Waals surface area contributed by atoms with Gasteiger partial charge in [0.2, 0.25) is 5.91 Å². The standard InChI is InChI=1S/C11H19N3O4/c1-3-8(10(16)17)13-11(18)14(2)6-9(15)12-7-4-5-7/h7-8H,3-6H2,1-2H3,(H,12,15)(H,13,18)(H,16,17). The maximum atomic E-state index is 11.6. The summed E-state index contributed by atoms with van der Waals surface area (Å²) in [4.78, 5) is 35.0. The van der Waals surface area contributed by atoms with E-state index in [0.717, 1.165) is 12.8 Å². The number of nitrogens with one attached hydrogen (secondary N) is 2. The zero-order chi connectivity index (χ0) is 13.7. The van der Waals surface area contributed by atoms with Crippen molar-refractivity contribution in [3.05, 3.63) is 0 Å². The molecule has 102 valence electrons. The lowest BCUT2D eigenvalue weighted by Crippen LogP contribution is -2.49. The predicted molar refractivity (Wildman–Crippen MR) is 64.0 cm³/mol. The molecule has 1 rings (SSSR count). The smallest absolute Gasteiger partial charge is 0.326 e. The van der Waals surface area contributed by atoms with Crippen LogP contribution in [0.3, 0.4) is 0 Å². The number of urea groups is 1. The molecule has 0 heterocycles. The first-order valence-corrected chi connectivity index (χ1v) is 5.97. The van der Waals surface area contributed by atoms with Crippen molar-refractivity contribution in [1.82, 2.24) is 15.5 Å². The lowest BCUT2D eigenvalue weighted by atomic mass is 10.2. The van der Waals surface area contributed by atoms with Crippen LogP contribution in [0.5, 0.6) is 0 Å². The van der Waals surface area contributed by atoms with Crippen LogP contribution in [0.25, 0.3) is 0 Å². The van der Waals surface area contributed by atoms with Crippen LogP contribution in [0.1, 0.15) is 26.2 Å². The van der Waals surface area contributed by atoms with E-state index in [4.69, 9.17) is 5.11 Å². The van der Waals surface area contributed by atoms with Gasteiger partial charge in [0, 0.05) is 13.1 Å². The summed E-state index contributed by atoms with van der Waals surface area (Å²) in [6.45, 7) is 1.59. The number of carboxylic acids is 1. The fraction of sp³-hybridized carbons (Fsp3) is 0.727. The minimum Gasteiger partial charge on any atom is -0.480 e. The van der Waals surface area contributed by atoms with Gasteiger partial charge >= 0.3 is 12.0 Å². The fourth-order valence-corrected chi connectivity index (χ4v) is 1.39. The van der Waals surface area contributed by atoms with Gasteiger partial charge in [0.05, 0.1) is 0 Å². The second-order valence-corrected chi connectivity index (χ2v) is 4.45. The summed E-state index contributed by atoms with van der Waals surface area (Å²) in [6, 6.07) is -1.24. The molecule has 0 aromatic heterocycles. The minimum absolute atomic E-state index is 0.0710. The summed E-state index contributed by atoms with van der Waals surface area (Å²) in [5.74, 6) is -1.31. The van der Waals surface area contributed by atoms with Crippen molar-refractivity contribution in [3.8, 4) is 0 Å². The zero-order valence-electron chi connectivity index (χ0n) is 10.6. The van der Waals surface area contributed by atoms with Crippen LogP contribution in [-0.4, -0.2) is 53.6 Å². The number of amides is 3. The second kappa shape index (κ2) is 6.23. The highest BCUT2D eigenvalue weighted by atomic mass is 16.4. The Morgan fingerprint density at radius 3 is 2.44 bits per heavy atom. The molecule has 7 heteroatoms. The quantitative estimate of drug-likeness (QED) is 0.612. The molecule has 3 amide bonds. The number of carboxylic acid groups (broad SMARTS) is 1. The first kappa shape index (κ1) is 14.3. The molecule has 1 atom stereocenters. The van der Waals surface area contributed by atoms with Crippen LogP contribution in [0.15, 0.2) is 0 Å². The highest BCUT2D eigenvalue weighted by molar-refractivity contribution is 5.86. The van der Waals surface area contributed by atoms with Crippen molar-refractivity contribution in [3.63, 3.8) is 0 Å². The van der Waals surface area contributed by atoms with Gasteiger partial charge in [0.25, 0.3) is 0 Å². The van der Waals surface area contributed by atoms with E-state index in [1.54, 1.807) is 6.92 Å². The molecule has 1 aliphatic carbocycles. The van der Waals surface area contributed by atoms with E-state index < -0.39 is 18.0 Å². The summed E-state index contributed by atoms with van der Waals surface area (Å²) in [6.07, 6.45) is 2.26. The normalized spacial score (nSPS) is 15.7. The number of rotatable bonds is 6. The SMILES string of the molecule is CCC(NC(=O)N(C)CC(=O)NC1CC1)C(=O)O. The third-order valence-corrected chi connectivity index (χ3v) is 2.67. The predicted octanol–water partition coefficient (Wildman–Crippen LogP) is -0.230. The Balaban J connectivity index is 2.34. The Labute approximate surface area is 106 Å². The van der Waals surface area contributed by atoms with Gasteiger partial charge in [-0.1, -0.05) is 6.92 Å². The Morgan fingerprint density at radius 2 is 2.00 bits per heavy atom. The molecular weight excluding hydrogens is 238 g/mol. The van der Waals surface area contributed by atoms with E-state index in [1.807, 2.05) is 0 Å². The lowest BCUT2D eigenvalue weighted by molar-refractivity contribution is -0.139. The number of carbonyl (C=O) groups excluding carboxylic acids is 2. The summed E-state index contributed by atoms with van der Waals surface area (Å²) < 4.78 is 0. The average molecular weight is 257 g/mol. The summed E-state index contributed by atoms with van der Waals surface area (Å²) >= 11 is 0. The molecule has 7 nitrogen and oxygen atoms in total. The molecule has 3 N–H and O–H groups in total. The van der Waals surface area contributed by atoms with Crippen molar-refractivity contribution in [2.75, 3.05) is 13.6 Å². The molecular formula is C11H19N3O4. The number of aliphatic carboxylic acids is 1. The number of nitrogens with zero attached hydrogens (tertiary/aromatic N) is 1. The van der Waals surface area contributed by atoms with E-state index in [-0.39, 0.29) is 18.5 Å². The maximum absolute atomic E-state index is 11.6. The Kier molecular flexibility index (Phi) is 4.94. The van der Waals surface area contributed by atoms with E-state index in [9.17, 15) is 14.4 Å². The van der Waals surface area contributed by atoms with Gasteiger partial charge in [-0.05, 0) is 19.3 Å². The first-order chi connectivity index (χ1) is 8.43. The van der Waals surface area contributed by atoms with Crippen LogP contribution in [0.2, 0.25) is 0 Å². The molecule has 0 spiro atoms. The van der Waals surface area contributed by atoms with Crippen molar-refractivity contribution >= 4 is 17.9 Å². The van der Waals surface area contributed by atoms with Gasteiger partial charge in [0.1, 0.15) is 12.6 Å². The average Bonchev–Trinajstić information content (AvgIpc) is 3.08. The van der Waals surface area contributed by atoms with E-state index in [1.165, 1.54) is 11.9 Å². The van der Waals surface area contributed by atoms with Crippen LogP contribution in [0, 0.1) is 0 Å². The monoisotopic (exact) mass is 257 g/mol. The number of hydrogen-bond acceptors (Lipinski definition) is 3. The lowest BCUT2D eigenvalue weighted by Gasteiger charge is -2.20. The number of likely N-dealkylation sites (N-methyl/N-ethyl adjacent to an activating group) is 1. The number of carbonyl (C=O) groups is 3. The molecule has 1 saturated carbocycles. The first-order valence-electron chi connectivity index (χ1n) is 5.97. The zero-order valence-corrected chi connectivity index (χ0v) is 10.6. The minimum atomic E-state index is -1.08. The number of hydrogen-bond donors (Lipinski definition) is 3. The van der Waals surface area contributed by atoms with Crippen LogP contribution < -0.4 is 10.6 Å². The second-order valence-electron chi connectivity index (χ2n) is 4.45. The molecule has 0 bridgehead atoms. The molecule has 0 aliphatic heterocycles. The fourth-order valence-electron chi connectivity index (χ4n) is 1.39. The van der Waals surface area contributed by atoms with E-state index in [2.05, 4.69) is 10.6 Å². The van der Waals surface area contributed by atoms with E-state index >= 15 is 0 Å². The van der Waals surface area contributed by atoms with Gasteiger partial charge in [-0.15, -0.1) is 0 Å². The summed E-state index contributed by atoms with van der Waals surface area (Å²) in [5, 5.41) is 13.9. The van der Waals surface area contributed by atoms with Crippen LogP contribution >= 0.6 is 0 Å². The third kappa shape index (κ3) is 4.60. The van der Waals surface area contributed by atoms with Gasteiger partial charge in [-0.25, -0.2) is 9.59 Å². The highest BCUT2D eigenvalue weighted by Gasteiger charge is 2.25. The molecule has 0 aromatic rings. The van der Waals surface area contributed by atoms with Gasteiger partial charge in [0.15, 0.2) is 0 Å². The molecule has 18 heavy (non-hydrogen) atoms. The topological polar surface area (TPSA) is 98.7 Å². The third-order valence-electron chi connectivity index (χ3n) is 2.67. The summed E-state index contributed by atoms with van der Waals surface area (Å²) in [7, 11) is 1.45. The molecule has 1 unspecified atom stereocenters. The van der Waals surface area contributed by atoms with Crippen molar-refractivity contribution in [1.29, 1.82) is 0 Å². The maximum Gasteiger partial charge on any atom is 0.326 e. The molecule has 0 radical (unpaired) electrons. The van der Waals surface area contributed by atoms with E-state index in [0.29, 0.717) is 6.42 Å². The molecule has 0 aromatic carbocycles. The van der Waals surface area contributed by atoms with Gasteiger partial charge < -0.3 is 20.6 Å².